The lowest BCUT2D eigenvalue weighted by Crippen LogP contribution is -2.24. The largest absolute Gasteiger partial charge is 0.437 e. The molecule has 1 heterocycles. The van der Waals surface area contributed by atoms with Crippen molar-refractivity contribution in [3.8, 4) is 0 Å². The van der Waals surface area contributed by atoms with Crippen molar-refractivity contribution in [3.63, 3.8) is 0 Å². The molecule has 3 nitrogen and oxygen atoms in total. The van der Waals surface area contributed by atoms with Crippen molar-refractivity contribution in [3.05, 3.63) is 30.1 Å². The van der Waals surface area contributed by atoms with Gasteiger partial charge in [0.05, 0.1) is 0 Å². The van der Waals surface area contributed by atoms with Crippen LogP contribution in [0.25, 0.3) is 0 Å². The molecule has 0 atom stereocenters. The first-order chi connectivity index (χ1) is 6.05. The highest BCUT2D eigenvalue weighted by molar-refractivity contribution is 6.03. The molecular weight excluding hydrogens is 185 g/mol. The number of pyridine rings is 1. The molecule has 70 valence electrons. The molecule has 1 N–H and O–H groups in total. The van der Waals surface area contributed by atoms with Crippen molar-refractivity contribution in [2.45, 2.75) is 6.18 Å². The van der Waals surface area contributed by atoms with Crippen LogP contribution in [0.15, 0.2) is 29.7 Å². The summed E-state index contributed by atoms with van der Waals surface area (Å²) in [5, 5.41) is 10.3. The van der Waals surface area contributed by atoms with Crippen molar-refractivity contribution in [2.24, 2.45) is 5.16 Å². The van der Waals surface area contributed by atoms with Gasteiger partial charge in [-0.2, -0.15) is 13.2 Å². The summed E-state index contributed by atoms with van der Waals surface area (Å²) in [6.45, 7) is 0. The summed E-state index contributed by atoms with van der Waals surface area (Å²) in [5.41, 5.74) is -1.61. The van der Waals surface area contributed by atoms with E-state index in [4.69, 9.17) is 5.21 Å². The Hall–Kier alpha value is -1.59. The van der Waals surface area contributed by atoms with Gasteiger partial charge in [0, 0.05) is 18.0 Å². The molecule has 0 bridgehead atoms. The molecule has 1 aromatic heterocycles. The van der Waals surface area contributed by atoms with E-state index in [-0.39, 0.29) is 5.56 Å². The zero-order valence-corrected chi connectivity index (χ0v) is 6.28. The van der Waals surface area contributed by atoms with Crippen molar-refractivity contribution >= 4 is 5.71 Å². The number of halogens is 3. The van der Waals surface area contributed by atoms with Crippen LogP contribution in [0.4, 0.5) is 13.2 Å². The van der Waals surface area contributed by atoms with Gasteiger partial charge in [-0.05, 0) is 12.1 Å². The van der Waals surface area contributed by atoms with E-state index in [0.29, 0.717) is 0 Å². The van der Waals surface area contributed by atoms with Crippen LogP contribution in [0.5, 0.6) is 0 Å². The summed E-state index contributed by atoms with van der Waals surface area (Å²) in [5.74, 6) is 0. The minimum absolute atomic E-state index is 0.266. The molecule has 0 radical (unpaired) electrons. The highest BCUT2D eigenvalue weighted by Gasteiger charge is 2.37. The van der Waals surface area contributed by atoms with Crippen LogP contribution in [-0.2, 0) is 0 Å². The maximum Gasteiger partial charge on any atom is 0.437 e. The Balaban J connectivity index is 3.08. The number of rotatable bonds is 1. The average molecular weight is 190 g/mol. The normalized spacial score (nSPS) is 13.0. The standard InChI is InChI=1S/C7H5F3N2O/c8-7(9,10)6(12-13)5-2-1-3-11-4-5/h1-4,13H/b12-6+. The minimum Gasteiger partial charge on any atom is -0.410 e. The molecule has 0 aliphatic rings. The van der Waals surface area contributed by atoms with Crippen molar-refractivity contribution in [2.75, 3.05) is 0 Å². The second-order valence-corrected chi connectivity index (χ2v) is 2.19. The van der Waals surface area contributed by atoms with Gasteiger partial charge in [0.15, 0.2) is 5.71 Å². The van der Waals surface area contributed by atoms with E-state index in [0.717, 1.165) is 12.3 Å². The highest BCUT2D eigenvalue weighted by atomic mass is 19.4. The third-order valence-electron chi connectivity index (χ3n) is 1.30. The van der Waals surface area contributed by atoms with Gasteiger partial charge in [-0.15, -0.1) is 0 Å². The molecule has 0 aromatic carbocycles. The molecule has 13 heavy (non-hydrogen) atoms. The lowest BCUT2D eigenvalue weighted by Gasteiger charge is -2.07. The van der Waals surface area contributed by atoms with Crippen LogP contribution in [0.1, 0.15) is 5.56 Å². The summed E-state index contributed by atoms with van der Waals surface area (Å²) >= 11 is 0. The Kier molecular flexibility index (Phi) is 2.50. The van der Waals surface area contributed by atoms with Crippen LogP contribution in [0, 0.1) is 0 Å². The Morgan fingerprint density at radius 1 is 1.46 bits per heavy atom. The summed E-state index contributed by atoms with van der Waals surface area (Å²) in [6.07, 6.45) is -2.37. The molecule has 6 heteroatoms. The average Bonchev–Trinajstić information content (AvgIpc) is 2.05. The van der Waals surface area contributed by atoms with Crippen LogP contribution >= 0.6 is 0 Å². The summed E-state index contributed by atoms with van der Waals surface area (Å²) in [7, 11) is 0. The molecule has 0 amide bonds. The van der Waals surface area contributed by atoms with Crippen LogP contribution < -0.4 is 0 Å². The Labute approximate surface area is 71.5 Å². The maximum atomic E-state index is 12.1. The molecule has 0 aliphatic heterocycles. The fraction of sp³-hybridized carbons (Fsp3) is 0.143. The zero-order chi connectivity index (χ0) is 9.90. The van der Waals surface area contributed by atoms with Crippen LogP contribution in [0.2, 0.25) is 0 Å². The molecule has 1 aromatic rings. The SMILES string of the molecule is O/N=C(\c1cccnc1)C(F)(F)F. The number of oxime groups is 1. The number of nitrogens with zero attached hydrogens (tertiary/aromatic N) is 2. The first-order valence-corrected chi connectivity index (χ1v) is 3.25. The highest BCUT2D eigenvalue weighted by Crippen LogP contribution is 2.21. The van der Waals surface area contributed by atoms with Crippen LogP contribution in [-0.4, -0.2) is 22.1 Å². The minimum atomic E-state index is -4.67. The molecule has 0 saturated carbocycles. The molecule has 0 saturated heterocycles. The quantitative estimate of drug-likeness (QED) is 0.417. The van der Waals surface area contributed by atoms with E-state index in [2.05, 4.69) is 10.1 Å². The molecule has 0 unspecified atom stereocenters. The third kappa shape index (κ3) is 2.17. The lowest BCUT2D eigenvalue weighted by atomic mass is 10.2. The monoisotopic (exact) mass is 190 g/mol. The van der Waals surface area contributed by atoms with Crippen molar-refractivity contribution in [1.29, 1.82) is 0 Å². The van der Waals surface area contributed by atoms with Gasteiger partial charge in [-0.25, -0.2) is 0 Å². The van der Waals surface area contributed by atoms with Gasteiger partial charge in [0.25, 0.3) is 0 Å². The van der Waals surface area contributed by atoms with Gasteiger partial charge in [-0.3, -0.25) is 4.98 Å². The second-order valence-electron chi connectivity index (χ2n) is 2.19. The van der Waals surface area contributed by atoms with Crippen molar-refractivity contribution < 1.29 is 18.4 Å². The van der Waals surface area contributed by atoms with E-state index in [1.54, 1.807) is 0 Å². The van der Waals surface area contributed by atoms with Gasteiger partial charge in [0.2, 0.25) is 0 Å². The number of hydrogen-bond acceptors (Lipinski definition) is 3. The lowest BCUT2D eigenvalue weighted by molar-refractivity contribution is -0.0601. The number of hydrogen-bond donors (Lipinski definition) is 1. The molecule has 0 aliphatic carbocycles. The predicted molar refractivity (Wildman–Crippen MR) is 38.6 cm³/mol. The van der Waals surface area contributed by atoms with E-state index in [1.165, 1.54) is 12.3 Å². The second kappa shape index (κ2) is 3.42. The van der Waals surface area contributed by atoms with Gasteiger partial charge in [-0.1, -0.05) is 5.16 Å². The maximum absolute atomic E-state index is 12.1. The van der Waals surface area contributed by atoms with E-state index >= 15 is 0 Å². The Bertz CT molecular complexity index is 307. The summed E-state index contributed by atoms with van der Waals surface area (Å²) < 4.78 is 36.3. The molecular formula is C7H5F3N2O. The summed E-state index contributed by atoms with van der Waals surface area (Å²) in [4.78, 5) is 3.48. The van der Waals surface area contributed by atoms with Crippen molar-refractivity contribution in [1.82, 2.24) is 4.98 Å². The molecule has 0 spiro atoms. The first kappa shape index (κ1) is 9.50. The zero-order valence-electron chi connectivity index (χ0n) is 6.28. The third-order valence-corrected chi connectivity index (χ3v) is 1.30. The number of aromatic nitrogens is 1. The van der Waals surface area contributed by atoms with E-state index in [1.807, 2.05) is 0 Å². The fourth-order valence-electron chi connectivity index (χ4n) is 0.781. The predicted octanol–water partition coefficient (Wildman–Crippen LogP) is 1.82. The Morgan fingerprint density at radius 2 is 2.15 bits per heavy atom. The molecule has 0 fully saturated rings. The Morgan fingerprint density at radius 3 is 2.54 bits per heavy atom. The smallest absolute Gasteiger partial charge is 0.410 e. The van der Waals surface area contributed by atoms with Gasteiger partial charge < -0.3 is 5.21 Å². The fourth-order valence-corrected chi connectivity index (χ4v) is 0.781. The number of alkyl halides is 3. The van der Waals surface area contributed by atoms with Gasteiger partial charge in [0.1, 0.15) is 0 Å². The first-order valence-electron chi connectivity index (χ1n) is 3.25. The van der Waals surface area contributed by atoms with E-state index < -0.39 is 11.9 Å². The van der Waals surface area contributed by atoms with Crippen LogP contribution in [0.3, 0.4) is 0 Å². The van der Waals surface area contributed by atoms with Gasteiger partial charge >= 0.3 is 6.18 Å². The topological polar surface area (TPSA) is 45.5 Å². The molecule has 1 rings (SSSR count). The van der Waals surface area contributed by atoms with E-state index in [9.17, 15) is 13.2 Å². The summed E-state index contributed by atoms with van der Waals surface area (Å²) in [6, 6.07) is 2.49.